The number of Topliss-reactive ketones (excluding diaryl/α,β-unsaturated/α-hetero) is 1. The highest BCUT2D eigenvalue weighted by atomic mass is 19.3. The maximum absolute atomic E-state index is 12.1. The highest BCUT2D eigenvalue weighted by molar-refractivity contribution is 5.98. The van der Waals surface area contributed by atoms with Crippen LogP contribution in [-0.4, -0.2) is 12.4 Å². The lowest BCUT2D eigenvalue weighted by Crippen LogP contribution is -2.08. The fourth-order valence-corrected chi connectivity index (χ4v) is 1.46. The number of carbonyl (C=O) groups is 1. The van der Waals surface area contributed by atoms with E-state index in [0.717, 1.165) is 6.07 Å². The van der Waals surface area contributed by atoms with Gasteiger partial charge in [0.2, 0.25) is 0 Å². The van der Waals surface area contributed by atoms with E-state index in [1.807, 2.05) is 6.07 Å². The number of carbonyl (C=O) groups excluding carboxylic acids is 1. The number of hydrogen-bond donors (Lipinski definition) is 0. The van der Waals surface area contributed by atoms with Crippen LogP contribution >= 0.6 is 0 Å². The molecule has 0 saturated carbocycles. The first-order chi connectivity index (χ1) is 7.45. The van der Waals surface area contributed by atoms with E-state index in [1.165, 1.54) is 13.0 Å². The molecule has 1 aromatic carbocycles. The van der Waals surface area contributed by atoms with Gasteiger partial charge in [-0.15, -0.1) is 0 Å². The number of hydrogen-bond acceptors (Lipinski definition) is 3. The molecule has 0 aromatic heterocycles. The van der Waals surface area contributed by atoms with Crippen LogP contribution in [0.15, 0.2) is 12.1 Å². The SMILES string of the molecule is CC(=O)c1c(C)cc(C#N)cc1OC(F)F. The summed E-state index contributed by atoms with van der Waals surface area (Å²) in [5.74, 6) is -0.628. The molecule has 0 fully saturated rings. The molecular weight excluding hydrogens is 216 g/mol. The Hall–Kier alpha value is -1.96. The number of benzene rings is 1. The van der Waals surface area contributed by atoms with Gasteiger partial charge >= 0.3 is 6.61 Å². The molecule has 0 aliphatic carbocycles. The third-order valence-corrected chi connectivity index (χ3v) is 2.00. The normalized spacial score (nSPS) is 10.0. The van der Waals surface area contributed by atoms with Crippen molar-refractivity contribution in [3.05, 3.63) is 28.8 Å². The number of nitriles is 1. The van der Waals surface area contributed by atoms with Crippen molar-refractivity contribution < 1.29 is 18.3 Å². The first-order valence-electron chi connectivity index (χ1n) is 4.46. The van der Waals surface area contributed by atoms with Crippen molar-refractivity contribution in [1.82, 2.24) is 0 Å². The van der Waals surface area contributed by atoms with Gasteiger partial charge in [0.15, 0.2) is 5.78 Å². The van der Waals surface area contributed by atoms with Crippen molar-refractivity contribution in [2.24, 2.45) is 0 Å². The summed E-state index contributed by atoms with van der Waals surface area (Å²) in [6.45, 7) is -0.200. The molecule has 84 valence electrons. The van der Waals surface area contributed by atoms with Crippen LogP contribution in [-0.2, 0) is 0 Å². The van der Waals surface area contributed by atoms with E-state index >= 15 is 0 Å². The Bertz CT molecular complexity index is 464. The summed E-state index contributed by atoms with van der Waals surface area (Å²) in [4.78, 5) is 11.3. The quantitative estimate of drug-likeness (QED) is 0.743. The molecule has 5 heteroatoms. The molecule has 0 saturated heterocycles. The predicted molar refractivity (Wildman–Crippen MR) is 52.5 cm³/mol. The largest absolute Gasteiger partial charge is 0.434 e. The molecule has 0 unspecified atom stereocenters. The molecule has 1 aromatic rings. The van der Waals surface area contributed by atoms with Gasteiger partial charge in [0.1, 0.15) is 5.75 Å². The van der Waals surface area contributed by atoms with Crippen LogP contribution in [0.4, 0.5) is 8.78 Å². The molecule has 0 N–H and O–H groups in total. The minimum atomic E-state index is -3.02. The van der Waals surface area contributed by atoms with Gasteiger partial charge in [0.05, 0.1) is 17.2 Å². The summed E-state index contributed by atoms with van der Waals surface area (Å²) in [6, 6.07) is 4.40. The minimum absolute atomic E-state index is 0.0827. The lowest BCUT2D eigenvalue weighted by atomic mass is 10.0. The Labute approximate surface area is 91.3 Å². The van der Waals surface area contributed by atoms with Gasteiger partial charge < -0.3 is 4.74 Å². The number of aryl methyl sites for hydroxylation is 1. The van der Waals surface area contributed by atoms with Gasteiger partial charge in [-0.05, 0) is 31.5 Å². The standard InChI is InChI=1S/C11H9F2NO2/c1-6-3-8(5-14)4-9(16-11(12)13)10(6)7(2)15/h3-4,11H,1-2H3. The Morgan fingerprint density at radius 3 is 2.56 bits per heavy atom. The highest BCUT2D eigenvalue weighted by Crippen LogP contribution is 2.26. The van der Waals surface area contributed by atoms with Crippen molar-refractivity contribution in [2.75, 3.05) is 0 Å². The van der Waals surface area contributed by atoms with E-state index in [-0.39, 0.29) is 22.7 Å². The van der Waals surface area contributed by atoms with Gasteiger partial charge in [0.25, 0.3) is 0 Å². The zero-order valence-electron chi connectivity index (χ0n) is 8.75. The summed E-state index contributed by atoms with van der Waals surface area (Å²) in [6.07, 6.45) is 0. The molecule has 0 amide bonds. The molecule has 0 bridgehead atoms. The van der Waals surface area contributed by atoms with Crippen molar-refractivity contribution in [1.29, 1.82) is 5.26 Å². The van der Waals surface area contributed by atoms with Crippen LogP contribution in [0.25, 0.3) is 0 Å². The Balaban J connectivity index is 3.35. The number of alkyl halides is 2. The first-order valence-corrected chi connectivity index (χ1v) is 4.46. The maximum atomic E-state index is 12.1. The summed E-state index contributed by atoms with van der Waals surface area (Å²) in [5.41, 5.74) is 0.708. The Morgan fingerprint density at radius 1 is 1.50 bits per heavy atom. The van der Waals surface area contributed by atoms with Gasteiger partial charge in [-0.3, -0.25) is 4.79 Å². The van der Waals surface area contributed by atoms with Gasteiger partial charge in [-0.2, -0.15) is 14.0 Å². The molecule has 0 spiro atoms. The monoisotopic (exact) mass is 225 g/mol. The second kappa shape index (κ2) is 4.71. The molecule has 0 aliphatic heterocycles. The van der Waals surface area contributed by atoms with Crippen molar-refractivity contribution in [2.45, 2.75) is 20.5 Å². The lowest BCUT2D eigenvalue weighted by Gasteiger charge is -2.11. The average Bonchev–Trinajstić information content (AvgIpc) is 2.14. The smallest absolute Gasteiger partial charge is 0.387 e. The second-order valence-electron chi connectivity index (χ2n) is 3.21. The van der Waals surface area contributed by atoms with Crippen molar-refractivity contribution in [3.8, 4) is 11.8 Å². The summed E-state index contributed by atoms with van der Waals surface area (Å²) >= 11 is 0. The predicted octanol–water partition coefficient (Wildman–Crippen LogP) is 2.67. The zero-order valence-corrected chi connectivity index (χ0v) is 8.75. The van der Waals surface area contributed by atoms with Crippen LogP contribution in [0.2, 0.25) is 0 Å². The molecule has 1 rings (SSSR count). The van der Waals surface area contributed by atoms with E-state index in [0.29, 0.717) is 5.56 Å². The minimum Gasteiger partial charge on any atom is -0.434 e. The molecule has 0 radical (unpaired) electrons. The van der Waals surface area contributed by atoms with E-state index in [4.69, 9.17) is 5.26 Å². The van der Waals surface area contributed by atoms with Gasteiger partial charge in [-0.1, -0.05) is 0 Å². The lowest BCUT2D eigenvalue weighted by molar-refractivity contribution is -0.0501. The number of halogens is 2. The van der Waals surface area contributed by atoms with Crippen LogP contribution in [0.1, 0.15) is 28.4 Å². The third kappa shape index (κ3) is 2.54. The fraction of sp³-hybridized carbons (Fsp3) is 0.273. The second-order valence-corrected chi connectivity index (χ2v) is 3.21. The molecule has 0 aliphatic rings. The first kappa shape index (κ1) is 12.1. The Kier molecular flexibility index (Phi) is 3.56. The Morgan fingerprint density at radius 2 is 2.12 bits per heavy atom. The number of rotatable bonds is 3. The molecule has 16 heavy (non-hydrogen) atoms. The van der Waals surface area contributed by atoms with Crippen LogP contribution in [0.3, 0.4) is 0 Å². The van der Waals surface area contributed by atoms with E-state index in [9.17, 15) is 13.6 Å². The summed E-state index contributed by atoms with van der Waals surface area (Å²) < 4.78 is 28.5. The topological polar surface area (TPSA) is 50.1 Å². The highest BCUT2D eigenvalue weighted by Gasteiger charge is 2.16. The summed E-state index contributed by atoms with van der Waals surface area (Å²) in [5, 5.41) is 8.67. The van der Waals surface area contributed by atoms with Crippen molar-refractivity contribution >= 4 is 5.78 Å². The number of ketones is 1. The molecular formula is C11H9F2NO2. The van der Waals surface area contributed by atoms with Crippen LogP contribution in [0, 0.1) is 18.3 Å². The number of nitrogens with zero attached hydrogens (tertiary/aromatic N) is 1. The van der Waals surface area contributed by atoms with Crippen LogP contribution < -0.4 is 4.74 Å². The third-order valence-electron chi connectivity index (χ3n) is 2.00. The molecule has 0 atom stereocenters. The number of ether oxygens (including phenoxy) is 1. The summed E-state index contributed by atoms with van der Waals surface area (Å²) in [7, 11) is 0. The van der Waals surface area contributed by atoms with Crippen LogP contribution in [0.5, 0.6) is 5.75 Å². The average molecular weight is 225 g/mol. The van der Waals surface area contributed by atoms with E-state index in [2.05, 4.69) is 4.74 Å². The van der Waals surface area contributed by atoms with Gasteiger partial charge in [-0.25, -0.2) is 0 Å². The molecule has 0 heterocycles. The van der Waals surface area contributed by atoms with Crippen molar-refractivity contribution in [3.63, 3.8) is 0 Å². The maximum Gasteiger partial charge on any atom is 0.387 e. The van der Waals surface area contributed by atoms with Gasteiger partial charge in [0, 0.05) is 0 Å². The molecule has 3 nitrogen and oxygen atoms in total. The van der Waals surface area contributed by atoms with E-state index in [1.54, 1.807) is 6.92 Å². The fourth-order valence-electron chi connectivity index (χ4n) is 1.46. The van der Waals surface area contributed by atoms with E-state index < -0.39 is 6.61 Å². The zero-order chi connectivity index (χ0) is 12.3.